The average Bonchev–Trinajstić information content (AvgIpc) is 3.02. The highest BCUT2D eigenvalue weighted by atomic mass is 16.6. The van der Waals surface area contributed by atoms with Gasteiger partial charge in [0.1, 0.15) is 5.60 Å². The van der Waals surface area contributed by atoms with E-state index >= 15 is 0 Å². The molecular formula is C18H24N2O3. The van der Waals surface area contributed by atoms with E-state index in [4.69, 9.17) is 4.74 Å². The van der Waals surface area contributed by atoms with Crippen molar-refractivity contribution in [2.75, 3.05) is 13.1 Å². The van der Waals surface area contributed by atoms with Crippen molar-refractivity contribution >= 4 is 12.0 Å². The second-order valence-electron chi connectivity index (χ2n) is 7.53. The second-order valence-corrected chi connectivity index (χ2v) is 7.53. The molecule has 124 valence electrons. The molecule has 0 aromatic heterocycles. The lowest BCUT2D eigenvalue weighted by Gasteiger charge is -2.30. The molecule has 2 atom stereocenters. The Kier molecular flexibility index (Phi) is 3.82. The maximum Gasteiger partial charge on any atom is 0.410 e. The molecule has 5 nitrogen and oxygen atoms in total. The number of hydrogen-bond acceptors (Lipinski definition) is 3. The van der Waals surface area contributed by atoms with Crippen molar-refractivity contribution in [3.8, 4) is 0 Å². The number of nitrogens with zero attached hydrogens (tertiary/aromatic N) is 1. The largest absolute Gasteiger partial charge is 0.444 e. The van der Waals surface area contributed by atoms with Gasteiger partial charge in [-0.1, -0.05) is 30.3 Å². The molecule has 0 radical (unpaired) electrons. The molecule has 1 N–H and O–H groups in total. The van der Waals surface area contributed by atoms with Crippen LogP contribution in [0.5, 0.6) is 0 Å². The van der Waals surface area contributed by atoms with Gasteiger partial charge >= 0.3 is 6.09 Å². The summed E-state index contributed by atoms with van der Waals surface area (Å²) in [5, 5.41) is 3.14. The van der Waals surface area contributed by atoms with Crippen LogP contribution in [-0.4, -0.2) is 41.1 Å². The van der Waals surface area contributed by atoms with Crippen LogP contribution in [0.1, 0.15) is 45.1 Å². The van der Waals surface area contributed by atoms with Gasteiger partial charge in [0.05, 0.1) is 5.54 Å². The number of hydrogen-bond donors (Lipinski definition) is 1. The zero-order valence-electron chi connectivity index (χ0n) is 14.0. The van der Waals surface area contributed by atoms with E-state index in [9.17, 15) is 9.59 Å². The molecule has 2 aliphatic rings. The van der Waals surface area contributed by atoms with Crippen molar-refractivity contribution in [2.45, 2.75) is 50.7 Å². The summed E-state index contributed by atoms with van der Waals surface area (Å²) in [4.78, 5) is 26.0. The Morgan fingerprint density at radius 2 is 2.00 bits per heavy atom. The molecule has 2 amide bonds. The zero-order chi connectivity index (χ0) is 16.7. The minimum Gasteiger partial charge on any atom is -0.444 e. The van der Waals surface area contributed by atoms with E-state index in [-0.39, 0.29) is 23.5 Å². The Bertz CT molecular complexity index is 608. The summed E-state index contributed by atoms with van der Waals surface area (Å²) >= 11 is 0. The molecular weight excluding hydrogens is 292 g/mol. The molecule has 23 heavy (non-hydrogen) atoms. The molecule has 0 bridgehead atoms. The molecule has 5 heteroatoms. The minimum absolute atomic E-state index is 0.0666. The van der Waals surface area contributed by atoms with Crippen molar-refractivity contribution in [2.24, 2.45) is 0 Å². The van der Waals surface area contributed by atoms with Crippen molar-refractivity contribution in [3.05, 3.63) is 35.9 Å². The molecule has 0 saturated carbocycles. The summed E-state index contributed by atoms with van der Waals surface area (Å²) in [5.41, 5.74) is 0.268. The summed E-state index contributed by atoms with van der Waals surface area (Å²) in [6.07, 6.45) is 0.965. The number of rotatable bonds is 1. The van der Waals surface area contributed by atoms with Crippen LogP contribution in [0.2, 0.25) is 0 Å². The van der Waals surface area contributed by atoms with Crippen LogP contribution in [0.15, 0.2) is 30.3 Å². The predicted octanol–water partition coefficient (Wildman–Crippen LogP) is 2.67. The van der Waals surface area contributed by atoms with Crippen LogP contribution in [-0.2, 0) is 9.53 Å². The Balaban J connectivity index is 1.86. The van der Waals surface area contributed by atoms with Gasteiger partial charge in [0.15, 0.2) is 0 Å². The first-order valence-corrected chi connectivity index (χ1v) is 8.13. The van der Waals surface area contributed by atoms with Gasteiger partial charge in [-0.3, -0.25) is 4.79 Å². The van der Waals surface area contributed by atoms with Crippen LogP contribution < -0.4 is 5.32 Å². The maximum absolute atomic E-state index is 12.5. The SMILES string of the molecule is CC(C)(C)OC(=O)N1C[C@@H](c2ccccc2)[C@]2(CCC(=O)N2)C1. The average molecular weight is 316 g/mol. The third kappa shape index (κ3) is 3.19. The smallest absolute Gasteiger partial charge is 0.410 e. The first kappa shape index (κ1) is 15.8. The van der Waals surface area contributed by atoms with E-state index in [0.717, 1.165) is 12.0 Å². The highest BCUT2D eigenvalue weighted by Crippen LogP contribution is 2.42. The number of benzene rings is 1. The van der Waals surface area contributed by atoms with Crippen molar-refractivity contribution in [3.63, 3.8) is 0 Å². The third-order valence-electron chi connectivity index (χ3n) is 4.58. The standard InChI is InChI=1S/C18H24N2O3/c1-17(2,3)23-16(22)20-11-14(13-7-5-4-6-8-13)18(12-20)10-9-15(21)19-18/h4-8,14H,9-12H2,1-3H3,(H,19,21)/t14-,18-/m0/s1. The topological polar surface area (TPSA) is 58.6 Å². The van der Waals surface area contributed by atoms with Crippen LogP contribution in [0.25, 0.3) is 0 Å². The molecule has 1 aromatic rings. The van der Waals surface area contributed by atoms with Crippen molar-refractivity contribution in [1.29, 1.82) is 0 Å². The van der Waals surface area contributed by atoms with Crippen LogP contribution >= 0.6 is 0 Å². The van der Waals surface area contributed by atoms with E-state index in [1.54, 1.807) is 4.90 Å². The molecule has 2 fully saturated rings. The van der Waals surface area contributed by atoms with Crippen LogP contribution in [0.3, 0.4) is 0 Å². The Morgan fingerprint density at radius 1 is 1.30 bits per heavy atom. The van der Waals surface area contributed by atoms with Gasteiger partial charge in [0.2, 0.25) is 5.91 Å². The first-order valence-electron chi connectivity index (χ1n) is 8.13. The fourth-order valence-electron chi connectivity index (χ4n) is 3.60. The van der Waals surface area contributed by atoms with Crippen LogP contribution in [0.4, 0.5) is 4.79 Å². The minimum atomic E-state index is -0.520. The van der Waals surface area contributed by atoms with E-state index in [0.29, 0.717) is 19.5 Å². The van der Waals surface area contributed by atoms with Crippen molar-refractivity contribution in [1.82, 2.24) is 10.2 Å². The molecule has 2 heterocycles. The van der Waals surface area contributed by atoms with E-state index in [1.807, 2.05) is 39.0 Å². The quantitative estimate of drug-likeness (QED) is 0.866. The normalized spacial score (nSPS) is 27.3. The monoisotopic (exact) mass is 316 g/mol. The Labute approximate surface area is 137 Å². The summed E-state index contributed by atoms with van der Waals surface area (Å²) in [5.74, 6) is 0.166. The molecule has 2 saturated heterocycles. The third-order valence-corrected chi connectivity index (χ3v) is 4.58. The molecule has 3 rings (SSSR count). The van der Waals surface area contributed by atoms with E-state index in [1.165, 1.54) is 0 Å². The molecule has 0 unspecified atom stereocenters. The molecule has 1 aromatic carbocycles. The number of likely N-dealkylation sites (tertiary alicyclic amines) is 1. The number of ether oxygens (including phenoxy) is 1. The number of nitrogens with one attached hydrogen (secondary N) is 1. The van der Waals surface area contributed by atoms with E-state index in [2.05, 4.69) is 17.4 Å². The Hall–Kier alpha value is -2.04. The maximum atomic E-state index is 12.5. The van der Waals surface area contributed by atoms with Gasteiger partial charge in [0.25, 0.3) is 0 Å². The fraction of sp³-hybridized carbons (Fsp3) is 0.556. The molecule has 2 aliphatic heterocycles. The van der Waals surface area contributed by atoms with Gasteiger partial charge in [-0.25, -0.2) is 4.79 Å². The van der Waals surface area contributed by atoms with Crippen molar-refractivity contribution < 1.29 is 14.3 Å². The molecule has 0 aliphatic carbocycles. The van der Waals surface area contributed by atoms with Gasteiger partial charge in [0, 0.05) is 25.4 Å². The summed E-state index contributed by atoms with van der Waals surface area (Å²) in [6, 6.07) is 10.1. The van der Waals surface area contributed by atoms with Crippen LogP contribution in [0, 0.1) is 0 Å². The summed E-state index contributed by atoms with van der Waals surface area (Å²) < 4.78 is 5.51. The van der Waals surface area contributed by atoms with Gasteiger partial charge in [-0.15, -0.1) is 0 Å². The fourth-order valence-corrected chi connectivity index (χ4v) is 3.60. The highest BCUT2D eigenvalue weighted by Gasteiger charge is 2.52. The summed E-state index contributed by atoms with van der Waals surface area (Å²) in [7, 11) is 0. The van der Waals surface area contributed by atoms with Gasteiger partial charge in [-0.2, -0.15) is 0 Å². The molecule has 1 spiro atoms. The Morgan fingerprint density at radius 3 is 2.57 bits per heavy atom. The number of carbonyl (C=O) groups excluding carboxylic acids is 2. The zero-order valence-corrected chi connectivity index (χ0v) is 14.0. The number of amides is 2. The summed E-state index contributed by atoms with van der Waals surface area (Å²) in [6.45, 7) is 6.67. The van der Waals surface area contributed by atoms with Gasteiger partial charge in [-0.05, 0) is 32.8 Å². The lowest BCUT2D eigenvalue weighted by atomic mass is 9.81. The highest BCUT2D eigenvalue weighted by molar-refractivity contribution is 5.80. The number of carbonyl (C=O) groups is 2. The van der Waals surface area contributed by atoms with E-state index < -0.39 is 5.60 Å². The predicted molar refractivity (Wildman–Crippen MR) is 87.1 cm³/mol. The lowest BCUT2D eigenvalue weighted by Crippen LogP contribution is -2.48. The lowest BCUT2D eigenvalue weighted by molar-refractivity contribution is -0.119. The second kappa shape index (κ2) is 5.55. The van der Waals surface area contributed by atoms with Gasteiger partial charge < -0.3 is 15.0 Å². The first-order chi connectivity index (χ1) is 10.8.